The topological polar surface area (TPSA) is 27.1 Å². The second kappa shape index (κ2) is 5.31. The number of nitrogens with zero attached hydrogens (tertiary/aromatic N) is 2. The third-order valence-electron chi connectivity index (χ3n) is 2.33. The van der Waals surface area contributed by atoms with E-state index in [9.17, 15) is 4.39 Å². The zero-order valence-corrected chi connectivity index (χ0v) is 10.9. The van der Waals surface area contributed by atoms with Gasteiger partial charge in [0.25, 0.3) is 0 Å². The summed E-state index contributed by atoms with van der Waals surface area (Å²) in [6.45, 7) is 0.266. The molecule has 0 aliphatic rings. The first-order chi connectivity index (χ1) is 8.20. The number of hydrogen-bond donors (Lipinski definition) is 0. The smallest absolute Gasteiger partial charge is 0.165 e. The van der Waals surface area contributed by atoms with Crippen LogP contribution in [0.25, 0.3) is 0 Å². The van der Waals surface area contributed by atoms with E-state index in [0.717, 1.165) is 11.3 Å². The summed E-state index contributed by atoms with van der Waals surface area (Å²) in [6, 6.07) is 6.72. The number of para-hydroxylation sites is 1. The quantitative estimate of drug-likeness (QED) is 0.811. The van der Waals surface area contributed by atoms with Crippen LogP contribution in [-0.4, -0.2) is 9.78 Å². The minimum atomic E-state index is -0.349. The van der Waals surface area contributed by atoms with E-state index in [2.05, 4.69) is 21.0 Å². The van der Waals surface area contributed by atoms with E-state index < -0.39 is 0 Å². The van der Waals surface area contributed by atoms with Gasteiger partial charge in [0.2, 0.25) is 0 Å². The number of ether oxygens (including phenoxy) is 1. The third kappa shape index (κ3) is 2.85. The second-order valence-electron chi connectivity index (χ2n) is 3.63. The Labute approximate surface area is 107 Å². The highest BCUT2D eigenvalue weighted by Gasteiger charge is 2.09. The number of aryl methyl sites for hydroxylation is 1. The Kier molecular flexibility index (Phi) is 3.78. The molecule has 0 saturated carbocycles. The zero-order chi connectivity index (χ0) is 12.3. The van der Waals surface area contributed by atoms with Crippen LogP contribution in [0, 0.1) is 5.82 Å². The lowest BCUT2D eigenvalue weighted by atomic mass is 10.2. The Hall–Kier alpha value is -1.36. The minimum absolute atomic E-state index is 0.266. The Morgan fingerprint density at radius 3 is 2.88 bits per heavy atom. The summed E-state index contributed by atoms with van der Waals surface area (Å²) in [5.41, 5.74) is 1.57. The maximum atomic E-state index is 13.6. The fraction of sp³-hybridized carbons (Fsp3) is 0.250. The molecule has 0 N–H and O–H groups in total. The van der Waals surface area contributed by atoms with Gasteiger partial charge in [-0.3, -0.25) is 4.68 Å². The molecule has 17 heavy (non-hydrogen) atoms. The molecule has 2 rings (SSSR count). The number of alkyl halides is 1. The lowest BCUT2D eigenvalue weighted by molar-refractivity contribution is 0.282. The van der Waals surface area contributed by atoms with Crippen LogP contribution in [0.15, 0.2) is 30.5 Å². The summed E-state index contributed by atoms with van der Waals surface area (Å²) in [5.74, 6) is -0.0621. The van der Waals surface area contributed by atoms with E-state index in [1.54, 1.807) is 10.7 Å². The van der Waals surface area contributed by atoms with Crippen molar-refractivity contribution in [2.45, 2.75) is 11.9 Å². The molecule has 0 aliphatic heterocycles. The van der Waals surface area contributed by atoms with Crippen LogP contribution in [-0.2, 0) is 19.0 Å². The Morgan fingerprint density at radius 1 is 1.41 bits per heavy atom. The van der Waals surface area contributed by atoms with Crippen LogP contribution in [0.3, 0.4) is 0 Å². The SMILES string of the molecule is Cn1ccc(COc2c(F)cccc2CBr)n1. The van der Waals surface area contributed by atoms with E-state index >= 15 is 0 Å². The predicted molar refractivity (Wildman–Crippen MR) is 66.6 cm³/mol. The highest BCUT2D eigenvalue weighted by Crippen LogP contribution is 2.25. The van der Waals surface area contributed by atoms with Gasteiger partial charge in [-0.05, 0) is 12.1 Å². The molecule has 5 heteroatoms. The summed E-state index contributed by atoms with van der Waals surface area (Å²) in [7, 11) is 1.83. The number of benzene rings is 1. The Bertz CT molecular complexity index is 513. The summed E-state index contributed by atoms with van der Waals surface area (Å²) in [4.78, 5) is 0. The molecule has 1 heterocycles. The molecule has 1 aromatic carbocycles. The normalized spacial score (nSPS) is 10.5. The minimum Gasteiger partial charge on any atom is -0.484 e. The molecule has 0 aliphatic carbocycles. The van der Waals surface area contributed by atoms with Gasteiger partial charge in [0, 0.05) is 24.1 Å². The lowest BCUT2D eigenvalue weighted by Gasteiger charge is -2.09. The first kappa shape index (κ1) is 12.1. The number of hydrogen-bond acceptors (Lipinski definition) is 2. The van der Waals surface area contributed by atoms with Gasteiger partial charge in [-0.1, -0.05) is 28.1 Å². The van der Waals surface area contributed by atoms with Crippen molar-refractivity contribution in [2.75, 3.05) is 0 Å². The molecule has 0 fully saturated rings. The molecular formula is C12H12BrFN2O. The summed E-state index contributed by atoms with van der Waals surface area (Å²) < 4.78 is 20.7. The van der Waals surface area contributed by atoms with Crippen molar-refractivity contribution in [3.05, 3.63) is 47.5 Å². The van der Waals surface area contributed by atoms with Crippen molar-refractivity contribution < 1.29 is 9.13 Å². The lowest BCUT2D eigenvalue weighted by Crippen LogP contribution is -2.01. The largest absolute Gasteiger partial charge is 0.484 e. The maximum Gasteiger partial charge on any atom is 0.165 e. The summed E-state index contributed by atoms with van der Waals surface area (Å²) in [6.07, 6.45) is 1.82. The molecule has 90 valence electrons. The van der Waals surface area contributed by atoms with Gasteiger partial charge in [-0.25, -0.2) is 4.39 Å². The highest BCUT2D eigenvalue weighted by molar-refractivity contribution is 9.08. The van der Waals surface area contributed by atoms with Crippen LogP contribution in [0.5, 0.6) is 5.75 Å². The summed E-state index contributed by atoms with van der Waals surface area (Å²) in [5, 5.41) is 4.73. The molecule has 0 unspecified atom stereocenters. The van der Waals surface area contributed by atoms with Crippen LogP contribution in [0.4, 0.5) is 4.39 Å². The third-order valence-corrected chi connectivity index (χ3v) is 2.93. The first-order valence-electron chi connectivity index (χ1n) is 5.15. The molecule has 0 saturated heterocycles. The average molecular weight is 299 g/mol. The van der Waals surface area contributed by atoms with E-state index in [1.165, 1.54) is 6.07 Å². The Morgan fingerprint density at radius 2 is 2.24 bits per heavy atom. The van der Waals surface area contributed by atoms with Crippen molar-refractivity contribution in [1.29, 1.82) is 0 Å². The van der Waals surface area contributed by atoms with Crippen LogP contribution in [0.1, 0.15) is 11.3 Å². The van der Waals surface area contributed by atoms with Crippen LogP contribution >= 0.6 is 15.9 Å². The van der Waals surface area contributed by atoms with Gasteiger partial charge in [-0.2, -0.15) is 5.10 Å². The van der Waals surface area contributed by atoms with Crippen molar-refractivity contribution in [3.8, 4) is 5.75 Å². The monoisotopic (exact) mass is 298 g/mol. The number of halogens is 2. The van der Waals surface area contributed by atoms with E-state index in [1.807, 2.05) is 25.4 Å². The number of rotatable bonds is 4. The molecule has 0 radical (unpaired) electrons. The maximum absolute atomic E-state index is 13.6. The van der Waals surface area contributed by atoms with Gasteiger partial charge < -0.3 is 4.74 Å². The fourth-order valence-electron chi connectivity index (χ4n) is 1.51. The van der Waals surface area contributed by atoms with Crippen molar-refractivity contribution >= 4 is 15.9 Å². The van der Waals surface area contributed by atoms with Crippen molar-refractivity contribution in [3.63, 3.8) is 0 Å². The molecule has 0 bridgehead atoms. The van der Waals surface area contributed by atoms with Gasteiger partial charge in [0.1, 0.15) is 6.61 Å². The summed E-state index contributed by atoms with van der Waals surface area (Å²) >= 11 is 3.31. The van der Waals surface area contributed by atoms with Crippen LogP contribution < -0.4 is 4.74 Å². The van der Waals surface area contributed by atoms with Gasteiger partial charge in [0.15, 0.2) is 11.6 Å². The molecule has 2 aromatic rings. The molecule has 0 amide bonds. The second-order valence-corrected chi connectivity index (χ2v) is 4.19. The standard InChI is InChI=1S/C12H12BrFN2O/c1-16-6-5-10(15-16)8-17-12-9(7-13)3-2-4-11(12)14/h2-6H,7-8H2,1H3. The van der Waals surface area contributed by atoms with Gasteiger partial charge in [0.05, 0.1) is 5.69 Å². The van der Waals surface area contributed by atoms with Gasteiger partial charge in [-0.15, -0.1) is 0 Å². The number of aromatic nitrogens is 2. The van der Waals surface area contributed by atoms with Crippen LogP contribution in [0.2, 0.25) is 0 Å². The molecule has 0 atom stereocenters. The first-order valence-corrected chi connectivity index (χ1v) is 6.27. The highest BCUT2D eigenvalue weighted by atomic mass is 79.9. The average Bonchev–Trinajstić information content (AvgIpc) is 2.73. The van der Waals surface area contributed by atoms with E-state index in [4.69, 9.17) is 4.74 Å². The van der Waals surface area contributed by atoms with E-state index in [-0.39, 0.29) is 18.2 Å². The zero-order valence-electron chi connectivity index (χ0n) is 9.36. The predicted octanol–water partition coefficient (Wildman–Crippen LogP) is 3.03. The molecular weight excluding hydrogens is 287 g/mol. The molecule has 0 spiro atoms. The molecule has 3 nitrogen and oxygen atoms in total. The van der Waals surface area contributed by atoms with Gasteiger partial charge >= 0.3 is 0 Å². The van der Waals surface area contributed by atoms with Crippen molar-refractivity contribution in [1.82, 2.24) is 9.78 Å². The molecule has 1 aromatic heterocycles. The van der Waals surface area contributed by atoms with E-state index in [0.29, 0.717) is 5.33 Å². The Balaban J connectivity index is 2.13. The fourth-order valence-corrected chi connectivity index (χ4v) is 1.95. The van der Waals surface area contributed by atoms with Crippen molar-refractivity contribution in [2.24, 2.45) is 7.05 Å².